The smallest absolute Gasteiger partial charge is 0.333 e. The third-order valence-electron chi connectivity index (χ3n) is 6.03. The summed E-state index contributed by atoms with van der Waals surface area (Å²) in [7, 11) is 0. The van der Waals surface area contributed by atoms with E-state index in [1.807, 2.05) is 0 Å². The van der Waals surface area contributed by atoms with E-state index in [0.29, 0.717) is 5.57 Å². The van der Waals surface area contributed by atoms with Crippen LogP contribution in [0.2, 0.25) is 0 Å². The quantitative estimate of drug-likeness (QED) is 0.153. The van der Waals surface area contributed by atoms with Crippen LogP contribution >= 0.6 is 0 Å². The van der Waals surface area contributed by atoms with E-state index in [0.717, 1.165) is 25.2 Å². The first-order valence-electron chi connectivity index (χ1n) is 12.8. The van der Waals surface area contributed by atoms with Crippen molar-refractivity contribution in [2.24, 2.45) is 0 Å². The second kappa shape index (κ2) is 20.3. The van der Waals surface area contributed by atoms with Crippen molar-refractivity contribution < 1.29 is 9.90 Å². The second-order valence-electron chi connectivity index (χ2n) is 8.67. The molecule has 0 aliphatic rings. The van der Waals surface area contributed by atoms with Crippen molar-refractivity contribution in [3.8, 4) is 0 Å². The Hall–Kier alpha value is -0.990. The van der Waals surface area contributed by atoms with Crippen molar-refractivity contribution >= 4 is 5.97 Å². The highest BCUT2D eigenvalue weighted by Gasteiger charge is 2.14. The molecule has 0 spiro atoms. The molecule has 0 amide bonds. The number of unbranched alkanes of at least 4 members (excludes halogenated alkanes) is 14. The minimum absolute atomic E-state index is 0.534. The lowest BCUT2D eigenvalue weighted by Crippen LogP contribution is -2.27. The molecule has 0 atom stereocenters. The van der Waals surface area contributed by atoms with Crippen molar-refractivity contribution in [1.29, 1.82) is 0 Å². The summed E-state index contributed by atoms with van der Waals surface area (Å²) in [4.78, 5) is 13.9. The van der Waals surface area contributed by atoms with E-state index in [1.165, 1.54) is 103 Å². The van der Waals surface area contributed by atoms with E-state index in [4.69, 9.17) is 0 Å². The van der Waals surface area contributed by atoms with Gasteiger partial charge in [-0.2, -0.15) is 0 Å². The Bertz CT molecular complexity index is 397. The van der Waals surface area contributed by atoms with Gasteiger partial charge in [-0.25, -0.2) is 4.79 Å². The van der Waals surface area contributed by atoms with Crippen LogP contribution < -0.4 is 0 Å². The third kappa shape index (κ3) is 15.5. The number of hydrogen-bond acceptors (Lipinski definition) is 2. The summed E-state index contributed by atoms with van der Waals surface area (Å²) in [6.07, 6.45) is 21.9. The molecule has 0 aromatic heterocycles. The predicted molar refractivity (Wildman–Crippen MR) is 127 cm³/mol. The van der Waals surface area contributed by atoms with Crippen LogP contribution in [0.4, 0.5) is 0 Å². The van der Waals surface area contributed by atoms with Crippen LogP contribution in [0.15, 0.2) is 11.3 Å². The standard InChI is InChI=1S/C26H51NO2/c1-5-8-10-12-14-16-18-20-22-27(25(7-3)24(4)26(28)29)23-21-19-17-15-13-11-9-6-2/h5-23H2,1-4H3,(H,28,29)/b25-24+. The highest BCUT2D eigenvalue weighted by atomic mass is 16.4. The first kappa shape index (κ1) is 28.0. The maximum Gasteiger partial charge on any atom is 0.333 e. The Morgan fingerprint density at radius 2 is 0.966 bits per heavy atom. The molecule has 0 aromatic carbocycles. The number of nitrogens with zero attached hydrogens (tertiary/aromatic N) is 1. The zero-order chi connectivity index (χ0) is 21.7. The van der Waals surface area contributed by atoms with Gasteiger partial charge in [0.05, 0.1) is 5.57 Å². The van der Waals surface area contributed by atoms with Gasteiger partial charge >= 0.3 is 5.97 Å². The molecular formula is C26H51NO2. The van der Waals surface area contributed by atoms with Crippen LogP contribution in [0.5, 0.6) is 0 Å². The van der Waals surface area contributed by atoms with E-state index in [2.05, 4.69) is 25.7 Å². The third-order valence-corrected chi connectivity index (χ3v) is 6.03. The molecule has 3 nitrogen and oxygen atoms in total. The minimum atomic E-state index is -0.765. The fourth-order valence-electron chi connectivity index (χ4n) is 4.10. The number of rotatable bonds is 21. The number of carboxylic acid groups (broad SMARTS) is 1. The van der Waals surface area contributed by atoms with Gasteiger partial charge in [0.25, 0.3) is 0 Å². The summed E-state index contributed by atoms with van der Waals surface area (Å²) >= 11 is 0. The Balaban J connectivity index is 4.34. The number of aliphatic carboxylic acids is 1. The van der Waals surface area contributed by atoms with Gasteiger partial charge in [-0.05, 0) is 26.2 Å². The summed E-state index contributed by atoms with van der Waals surface area (Å²) < 4.78 is 0. The number of hydrogen-bond donors (Lipinski definition) is 1. The zero-order valence-electron chi connectivity index (χ0n) is 20.2. The van der Waals surface area contributed by atoms with Gasteiger partial charge in [-0.15, -0.1) is 0 Å². The highest BCUT2D eigenvalue weighted by molar-refractivity contribution is 5.86. The molecule has 0 bridgehead atoms. The van der Waals surface area contributed by atoms with Crippen LogP contribution in [0, 0.1) is 0 Å². The van der Waals surface area contributed by atoms with Crippen molar-refractivity contribution in [2.45, 2.75) is 137 Å². The normalized spacial score (nSPS) is 12.1. The van der Waals surface area contributed by atoms with E-state index < -0.39 is 5.97 Å². The maximum atomic E-state index is 11.5. The average molecular weight is 410 g/mol. The van der Waals surface area contributed by atoms with Gasteiger partial charge in [-0.1, -0.05) is 111 Å². The van der Waals surface area contributed by atoms with Crippen molar-refractivity contribution in [3.63, 3.8) is 0 Å². The Kier molecular flexibility index (Phi) is 19.6. The number of allylic oxidation sites excluding steroid dienone is 1. The fraction of sp³-hybridized carbons (Fsp3) is 0.885. The number of carbonyl (C=O) groups is 1. The average Bonchev–Trinajstić information content (AvgIpc) is 2.71. The minimum Gasteiger partial charge on any atom is -0.478 e. The summed E-state index contributed by atoms with van der Waals surface area (Å²) in [6, 6.07) is 0. The van der Waals surface area contributed by atoms with Crippen LogP contribution in [0.1, 0.15) is 137 Å². The first-order chi connectivity index (χ1) is 14.1. The molecule has 0 fully saturated rings. The van der Waals surface area contributed by atoms with Crippen LogP contribution in [-0.2, 0) is 4.79 Å². The summed E-state index contributed by atoms with van der Waals surface area (Å²) in [5.41, 5.74) is 1.58. The van der Waals surface area contributed by atoms with Gasteiger partial charge in [0.15, 0.2) is 0 Å². The molecule has 3 heteroatoms. The van der Waals surface area contributed by atoms with E-state index in [-0.39, 0.29) is 0 Å². The molecule has 29 heavy (non-hydrogen) atoms. The largest absolute Gasteiger partial charge is 0.478 e. The van der Waals surface area contributed by atoms with Crippen molar-refractivity contribution in [3.05, 3.63) is 11.3 Å². The molecule has 172 valence electrons. The molecule has 0 heterocycles. The number of carboxylic acids is 1. The van der Waals surface area contributed by atoms with Crippen LogP contribution in [-0.4, -0.2) is 29.1 Å². The zero-order valence-corrected chi connectivity index (χ0v) is 20.2. The Morgan fingerprint density at radius 3 is 1.28 bits per heavy atom. The van der Waals surface area contributed by atoms with Crippen molar-refractivity contribution in [1.82, 2.24) is 4.90 Å². The van der Waals surface area contributed by atoms with Crippen LogP contribution in [0.3, 0.4) is 0 Å². The topological polar surface area (TPSA) is 40.5 Å². The SMILES string of the molecule is CCCCCCCCCCN(CCCCCCCCCC)/C(CC)=C(\C)C(=O)O. The Labute approximate surface area is 182 Å². The van der Waals surface area contributed by atoms with E-state index >= 15 is 0 Å². The lowest BCUT2D eigenvalue weighted by Gasteiger charge is -2.28. The molecule has 0 unspecified atom stereocenters. The Morgan fingerprint density at radius 1 is 0.621 bits per heavy atom. The first-order valence-corrected chi connectivity index (χ1v) is 12.8. The summed E-state index contributed by atoms with van der Waals surface area (Å²) in [5.74, 6) is -0.765. The predicted octanol–water partition coefficient (Wildman–Crippen LogP) is 8.34. The molecule has 0 rings (SSSR count). The molecular weight excluding hydrogens is 358 g/mol. The van der Waals surface area contributed by atoms with E-state index in [1.54, 1.807) is 6.92 Å². The molecule has 0 radical (unpaired) electrons. The summed E-state index contributed by atoms with van der Waals surface area (Å²) in [6.45, 7) is 10.4. The van der Waals surface area contributed by atoms with Crippen molar-refractivity contribution in [2.75, 3.05) is 13.1 Å². The van der Waals surface area contributed by atoms with Gasteiger partial charge < -0.3 is 10.0 Å². The lowest BCUT2D eigenvalue weighted by atomic mass is 10.1. The second-order valence-corrected chi connectivity index (χ2v) is 8.67. The maximum absolute atomic E-state index is 11.5. The highest BCUT2D eigenvalue weighted by Crippen LogP contribution is 2.19. The van der Waals surface area contributed by atoms with Gasteiger partial charge in [-0.3, -0.25) is 0 Å². The lowest BCUT2D eigenvalue weighted by molar-refractivity contribution is -0.132. The molecule has 0 saturated carbocycles. The van der Waals surface area contributed by atoms with Gasteiger partial charge in [0.2, 0.25) is 0 Å². The molecule has 0 saturated heterocycles. The van der Waals surface area contributed by atoms with Gasteiger partial charge in [0, 0.05) is 18.8 Å². The molecule has 0 aliphatic heterocycles. The monoisotopic (exact) mass is 409 g/mol. The summed E-state index contributed by atoms with van der Waals surface area (Å²) in [5, 5.41) is 9.47. The van der Waals surface area contributed by atoms with E-state index in [9.17, 15) is 9.90 Å². The van der Waals surface area contributed by atoms with Gasteiger partial charge in [0.1, 0.15) is 0 Å². The molecule has 1 N–H and O–H groups in total. The fourth-order valence-corrected chi connectivity index (χ4v) is 4.10. The molecule has 0 aliphatic carbocycles. The molecule has 0 aromatic rings. The van der Waals surface area contributed by atoms with Crippen LogP contribution in [0.25, 0.3) is 0 Å².